The molecule has 1 saturated heterocycles. The van der Waals surface area contributed by atoms with Gasteiger partial charge in [-0.3, -0.25) is 14.6 Å². The Labute approximate surface area is 187 Å². The van der Waals surface area contributed by atoms with E-state index in [4.69, 9.17) is 0 Å². The Kier molecular flexibility index (Phi) is 6.63. The molecule has 10 nitrogen and oxygen atoms in total. The molecule has 13 heteroatoms. The summed E-state index contributed by atoms with van der Waals surface area (Å²) in [6, 6.07) is 0.708. The summed E-state index contributed by atoms with van der Waals surface area (Å²) in [6.45, 7) is 5.47. The minimum atomic E-state index is -4.83. The number of nitrogens with one attached hydrogen (secondary N) is 1. The van der Waals surface area contributed by atoms with E-state index in [0.717, 1.165) is 12.3 Å². The molecule has 0 bridgehead atoms. The van der Waals surface area contributed by atoms with E-state index in [0.29, 0.717) is 0 Å². The van der Waals surface area contributed by atoms with Crippen LogP contribution in [0.4, 0.5) is 13.2 Å². The average molecular weight is 470 g/mol. The first kappa shape index (κ1) is 24.4. The SMILES string of the molecule is CNC(=O)[C@@H]1C[C@@H](O)CN1C(=O)[C@@H](n1cc(-c2ccc(OC(F)(F)F)cn2)nn1)C(C)(C)C. The van der Waals surface area contributed by atoms with Gasteiger partial charge >= 0.3 is 6.36 Å². The number of β-amino-alcohol motifs (C(OH)–C–C–N with tert-alkyl or cyclic N) is 1. The molecule has 2 aromatic heterocycles. The first-order valence-corrected chi connectivity index (χ1v) is 10.1. The van der Waals surface area contributed by atoms with Gasteiger partial charge in [-0.1, -0.05) is 26.0 Å². The lowest BCUT2D eigenvalue weighted by Crippen LogP contribution is -2.49. The molecule has 0 unspecified atom stereocenters. The van der Waals surface area contributed by atoms with Gasteiger partial charge in [0.1, 0.15) is 23.5 Å². The number of aliphatic hydroxyl groups is 1. The Morgan fingerprint density at radius 3 is 2.48 bits per heavy atom. The number of carbonyl (C=O) groups excluding carboxylic acids is 2. The van der Waals surface area contributed by atoms with Crippen LogP contribution in [0.1, 0.15) is 33.2 Å². The smallest absolute Gasteiger partial charge is 0.404 e. The fraction of sp³-hybridized carbons (Fsp3) is 0.550. The Hall–Kier alpha value is -3.22. The van der Waals surface area contributed by atoms with E-state index in [1.807, 2.05) is 20.8 Å². The van der Waals surface area contributed by atoms with Crippen LogP contribution in [0.15, 0.2) is 24.5 Å². The van der Waals surface area contributed by atoms with Gasteiger partial charge in [0.15, 0.2) is 0 Å². The van der Waals surface area contributed by atoms with Gasteiger partial charge in [-0.15, -0.1) is 18.3 Å². The molecule has 1 aliphatic heterocycles. The molecule has 1 fully saturated rings. The first-order chi connectivity index (χ1) is 15.3. The molecule has 180 valence electrons. The minimum Gasteiger partial charge on any atom is -0.404 e. The summed E-state index contributed by atoms with van der Waals surface area (Å²) >= 11 is 0. The summed E-state index contributed by atoms with van der Waals surface area (Å²) < 4.78 is 42.2. The van der Waals surface area contributed by atoms with Crippen LogP contribution in [-0.4, -0.2) is 73.9 Å². The number of pyridine rings is 1. The number of hydrogen-bond donors (Lipinski definition) is 2. The minimum absolute atomic E-state index is 0.00722. The normalized spacial score (nSPS) is 19.9. The van der Waals surface area contributed by atoms with Gasteiger partial charge < -0.3 is 20.1 Å². The molecule has 2 N–H and O–H groups in total. The lowest BCUT2D eigenvalue weighted by molar-refractivity contribution is -0.274. The monoisotopic (exact) mass is 470 g/mol. The molecular weight excluding hydrogens is 445 g/mol. The van der Waals surface area contributed by atoms with Gasteiger partial charge in [0, 0.05) is 20.0 Å². The van der Waals surface area contributed by atoms with Crippen LogP contribution in [0.25, 0.3) is 11.4 Å². The standard InChI is InChI=1S/C20H25F3N6O4/c1-19(2,3)16(18(32)28-9-11(30)7-15(28)17(31)24-4)29-10-14(26-27-29)13-6-5-12(8-25-13)33-20(21,22)23/h5-6,8,10-11,15-16,30H,7,9H2,1-4H3,(H,24,31)/t11-,15+,16-/m1/s1. The number of ether oxygens (including phenoxy) is 1. The molecule has 0 spiro atoms. The maximum Gasteiger partial charge on any atom is 0.573 e. The largest absolute Gasteiger partial charge is 0.573 e. The van der Waals surface area contributed by atoms with Crippen molar-refractivity contribution in [3.63, 3.8) is 0 Å². The number of nitrogens with zero attached hydrogens (tertiary/aromatic N) is 5. The first-order valence-electron chi connectivity index (χ1n) is 10.1. The molecule has 0 aromatic carbocycles. The van der Waals surface area contributed by atoms with Crippen LogP contribution in [0.5, 0.6) is 5.75 Å². The van der Waals surface area contributed by atoms with E-state index in [1.165, 1.54) is 28.9 Å². The Balaban J connectivity index is 1.88. The average Bonchev–Trinajstić information content (AvgIpc) is 3.33. The number of likely N-dealkylation sites (tertiary alicyclic amines) is 1. The van der Waals surface area contributed by atoms with Crippen molar-refractivity contribution in [1.82, 2.24) is 30.2 Å². The second kappa shape index (κ2) is 8.96. The summed E-state index contributed by atoms with van der Waals surface area (Å²) in [5, 5.41) is 20.6. The van der Waals surface area contributed by atoms with Gasteiger partial charge in [0.25, 0.3) is 0 Å². The number of likely N-dealkylation sites (N-methyl/N-ethyl adjacent to an activating group) is 1. The number of halogens is 3. The molecule has 0 radical (unpaired) electrons. The molecule has 1 aliphatic rings. The van der Waals surface area contributed by atoms with E-state index in [9.17, 15) is 27.9 Å². The quantitative estimate of drug-likeness (QED) is 0.680. The highest BCUT2D eigenvalue weighted by molar-refractivity contribution is 5.90. The molecule has 33 heavy (non-hydrogen) atoms. The molecule has 3 heterocycles. The third-order valence-electron chi connectivity index (χ3n) is 5.17. The number of hydrogen-bond acceptors (Lipinski definition) is 7. The van der Waals surface area contributed by atoms with E-state index >= 15 is 0 Å². The summed E-state index contributed by atoms with van der Waals surface area (Å²) in [5.41, 5.74) is -0.184. The topological polar surface area (TPSA) is 122 Å². The summed E-state index contributed by atoms with van der Waals surface area (Å²) in [7, 11) is 1.46. The predicted molar refractivity (Wildman–Crippen MR) is 109 cm³/mol. The summed E-state index contributed by atoms with van der Waals surface area (Å²) in [5.74, 6) is -1.27. The van der Waals surface area contributed by atoms with E-state index in [1.54, 1.807) is 0 Å². The van der Waals surface area contributed by atoms with E-state index in [2.05, 4.69) is 25.3 Å². The second-order valence-corrected chi connectivity index (χ2v) is 8.79. The van der Waals surface area contributed by atoms with E-state index < -0.39 is 41.6 Å². The molecule has 0 saturated carbocycles. The lowest BCUT2D eigenvalue weighted by Gasteiger charge is -2.34. The van der Waals surface area contributed by atoms with E-state index in [-0.39, 0.29) is 30.3 Å². The van der Waals surface area contributed by atoms with Crippen molar-refractivity contribution >= 4 is 11.8 Å². The third-order valence-corrected chi connectivity index (χ3v) is 5.17. The molecule has 2 aromatic rings. The Morgan fingerprint density at radius 1 is 1.24 bits per heavy atom. The van der Waals surface area contributed by atoms with Crippen LogP contribution >= 0.6 is 0 Å². The number of carbonyl (C=O) groups is 2. The van der Waals surface area contributed by atoms with Crippen LogP contribution in [0.2, 0.25) is 0 Å². The molecule has 0 aliphatic carbocycles. The summed E-state index contributed by atoms with van der Waals surface area (Å²) in [4.78, 5) is 31.0. The number of aromatic nitrogens is 4. The van der Waals surface area contributed by atoms with Gasteiger partial charge in [-0.2, -0.15) is 0 Å². The fourth-order valence-corrected chi connectivity index (χ4v) is 3.76. The highest BCUT2D eigenvalue weighted by Gasteiger charge is 2.45. The van der Waals surface area contributed by atoms with Crippen LogP contribution in [0.3, 0.4) is 0 Å². The van der Waals surface area contributed by atoms with Gasteiger partial charge in [0.05, 0.1) is 24.2 Å². The summed E-state index contributed by atoms with van der Waals surface area (Å²) in [6.07, 6.45) is -3.16. The van der Waals surface area contributed by atoms with Gasteiger partial charge in [-0.05, 0) is 17.5 Å². The highest BCUT2D eigenvalue weighted by Crippen LogP contribution is 2.35. The Bertz CT molecular complexity index is 1000. The maximum absolute atomic E-state index is 13.5. The number of rotatable bonds is 5. The van der Waals surface area contributed by atoms with Gasteiger partial charge in [-0.25, -0.2) is 4.68 Å². The highest BCUT2D eigenvalue weighted by atomic mass is 19.4. The van der Waals surface area contributed by atoms with Crippen molar-refractivity contribution in [2.24, 2.45) is 5.41 Å². The number of alkyl halides is 3. The molecule has 3 atom stereocenters. The predicted octanol–water partition coefficient (Wildman–Crippen LogP) is 1.53. The second-order valence-electron chi connectivity index (χ2n) is 8.79. The van der Waals surface area contributed by atoms with Crippen LogP contribution in [0, 0.1) is 5.41 Å². The number of aliphatic hydroxyl groups excluding tert-OH is 1. The molecule has 2 amide bonds. The Morgan fingerprint density at radius 2 is 1.94 bits per heavy atom. The zero-order valence-electron chi connectivity index (χ0n) is 18.5. The zero-order chi connectivity index (χ0) is 24.6. The van der Waals surface area contributed by atoms with Crippen molar-refractivity contribution in [2.45, 2.75) is 51.7 Å². The fourth-order valence-electron chi connectivity index (χ4n) is 3.76. The van der Waals surface area contributed by atoms with Crippen LogP contribution in [-0.2, 0) is 9.59 Å². The van der Waals surface area contributed by atoms with Gasteiger partial charge in [0.2, 0.25) is 11.8 Å². The number of amides is 2. The third kappa shape index (κ3) is 5.59. The molecular formula is C20H25F3N6O4. The lowest BCUT2D eigenvalue weighted by atomic mass is 9.85. The van der Waals surface area contributed by atoms with Crippen molar-refractivity contribution in [1.29, 1.82) is 0 Å². The van der Waals surface area contributed by atoms with Crippen molar-refractivity contribution in [3.05, 3.63) is 24.5 Å². The van der Waals surface area contributed by atoms with Crippen molar-refractivity contribution in [3.8, 4) is 17.1 Å². The molecule has 3 rings (SSSR count). The maximum atomic E-state index is 13.5. The zero-order valence-corrected chi connectivity index (χ0v) is 18.5. The van der Waals surface area contributed by atoms with Crippen molar-refractivity contribution < 1.29 is 32.6 Å². The van der Waals surface area contributed by atoms with Crippen molar-refractivity contribution in [2.75, 3.05) is 13.6 Å². The van der Waals surface area contributed by atoms with Crippen LogP contribution < -0.4 is 10.1 Å².